The highest BCUT2D eigenvalue weighted by molar-refractivity contribution is 7.16. The molecular weight excluding hydrogens is 236 g/mol. The fraction of sp³-hybridized carbons (Fsp3) is 0.750. The fourth-order valence-electron chi connectivity index (χ4n) is 2.16. The molecule has 1 aromatic heterocycles. The van der Waals surface area contributed by atoms with Gasteiger partial charge in [-0.2, -0.15) is 4.98 Å². The van der Waals surface area contributed by atoms with Crippen LogP contribution in [0.25, 0.3) is 0 Å². The molecule has 4 nitrogen and oxygen atoms in total. The van der Waals surface area contributed by atoms with E-state index in [9.17, 15) is 10.2 Å². The van der Waals surface area contributed by atoms with Crippen LogP contribution >= 0.6 is 11.3 Å². The lowest BCUT2D eigenvalue weighted by Gasteiger charge is -2.25. The molecule has 2 rings (SSSR count). The summed E-state index contributed by atoms with van der Waals surface area (Å²) in [5, 5.41) is 23.3. The van der Waals surface area contributed by atoms with Gasteiger partial charge in [0, 0.05) is 6.04 Å². The number of aliphatic hydroxyl groups is 1. The van der Waals surface area contributed by atoms with Gasteiger partial charge in [0.1, 0.15) is 0 Å². The van der Waals surface area contributed by atoms with Crippen LogP contribution in [0.5, 0.6) is 5.88 Å². The Morgan fingerprint density at radius 1 is 1.29 bits per heavy atom. The van der Waals surface area contributed by atoms with Crippen LogP contribution in [0.15, 0.2) is 0 Å². The molecule has 0 bridgehead atoms. The van der Waals surface area contributed by atoms with Gasteiger partial charge in [0.15, 0.2) is 5.13 Å². The van der Waals surface area contributed by atoms with Crippen LogP contribution in [-0.4, -0.2) is 27.3 Å². The van der Waals surface area contributed by atoms with Gasteiger partial charge < -0.3 is 15.5 Å². The lowest BCUT2D eigenvalue weighted by Crippen LogP contribution is -2.28. The first-order valence-corrected chi connectivity index (χ1v) is 7.02. The van der Waals surface area contributed by atoms with Gasteiger partial charge in [-0.05, 0) is 31.6 Å². The van der Waals surface area contributed by atoms with Crippen molar-refractivity contribution < 1.29 is 10.2 Å². The topological polar surface area (TPSA) is 65.4 Å². The lowest BCUT2D eigenvalue weighted by atomic mass is 9.93. The van der Waals surface area contributed by atoms with Crippen molar-refractivity contribution in [2.75, 3.05) is 5.32 Å². The Bertz CT molecular complexity index is 371. The van der Waals surface area contributed by atoms with E-state index in [-0.39, 0.29) is 12.0 Å². The zero-order valence-corrected chi connectivity index (χ0v) is 11.1. The van der Waals surface area contributed by atoms with E-state index < -0.39 is 0 Å². The second-order valence-electron chi connectivity index (χ2n) is 5.01. The summed E-state index contributed by atoms with van der Waals surface area (Å²) in [5.74, 6) is 0.458. The predicted octanol–water partition coefficient (Wildman–Crippen LogP) is 2.69. The molecule has 1 aliphatic rings. The normalized spacial score (nSPS) is 25.2. The van der Waals surface area contributed by atoms with E-state index in [1.54, 1.807) is 0 Å². The van der Waals surface area contributed by atoms with Crippen molar-refractivity contribution in [3.05, 3.63) is 4.88 Å². The Kier molecular flexibility index (Phi) is 3.89. The molecule has 0 radical (unpaired) electrons. The number of aromatic nitrogens is 1. The average Bonchev–Trinajstić information content (AvgIpc) is 2.63. The summed E-state index contributed by atoms with van der Waals surface area (Å²) >= 11 is 1.53. The number of nitrogens with one attached hydrogen (secondary N) is 1. The summed E-state index contributed by atoms with van der Waals surface area (Å²) in [5.41, 5.74) is 0. The molecule has 5 heteroatoms. The highest BCUT2D eigenvalue weighted by Crippen LogP contribution is 2.35. The molecule has 0 aliphatic heterocycles. The van der Waals surface area contributed by atoms with Crippen molar-refractivity contribution in [1.82, 2.24) is 4.98 Å². The number of nitrogens with zero attached hydrogens (tertiary/aromatic N) is 1. The Morgan fingerprint density at radius 3 is 2.47 bits per heavy atom. The van der Waals surface area contributed by atoms with Gasteiger partial charge in [-0.3, -0.25) is 0 Å². The second-order valence-corrected chi connectivity index (χ2v) is 6.04. The van der Waals surface area contributed by atoms with Gasteiger partial charge in [-0.25, -0.2) is 0 Å². The van der Waals surface area contributed by atoms with Crippen molar-refractivity contribution in [2.24, 2.45) is 0 Å². The smallest absolute Gasteiger partial charge is 0.227 e. The summed E-state index contributed by atoms with van der Waals surface area (Å²) in [4.78, 5) is 5.08. The Morgan fingerprint density at radius 2 is 1.94 bits per heavy atom. The maximum absolute atomic E-state index is 9.69. The molecule has 0 saturated heterocycles. The van der Waals surface area contributed by atoms with E-state index in [2.05, 4.69) is 10.3 Å². The number of thiazole rings is 1. The molecule has 1 fully saturated rings. The van der Waals surface area contributed by atoms with Crippen LogP contribution in [0.2, 0.25) is 0 Å². The van der Waals surface area contributed by atoms with Crippen molar-refractivity contribution in [2.45, 2.75) is 57.6 Å². The molecule has 1 aliphatic carbocycles. The quantitative estimate of drug-likeness (QED) is 0.778. The number of anilines is 1. The van der Waals surface area contributed by atoms with Crippen LogP contribution < -0.4 is 5.32 Å². The number of hydrogen-bond acceptors (Lipinski definition) is 5. The fourth-order valence-corrected chi connectivity index (χ4v) is 3.10. The SMILES string of the molecule is CC(C)c1sc(NC2CCC(O)CC2)nc1O. The van der Waals surface area contributed by atoms with Crippen LogP contribution in [0.3, 0.4) is 0 Å². The van der Waals surface area contributed by atoms with Crippen molar-refractivity contribution in [1.29, 1.82) is 0 Å². The van der Waals surface area contributed by atoms with E-state index in [0.29, 0.717) is 12.0 Å². The molecule has 17 heavy (non-hydrogen) atoms. The van der Waals surface area contributed by atoms with Crippen molar-refractivity contribution in [3.63, 3.8) is 0 Å². The van der Waals surface area contributed by atoms with Crippen molar-refractivity contribution >= 4 is 16.5 Å². The Balaban J connectivity index is 1.97. The van der Waals surface area contributed by atoms with E-state index >= 15 is 0 Å². The largest absolute Gasteiger partial charge is 0.492 e. The zero-order valence-electron chi connectivity index (χ0n) is 10.3. The van der Waals surface area contributed by atoms with Crippen LogP contribution in [0.1, 0.15) is 50.3 Å². The number of aliphatic hydroxyl groups excluding tert-OH is 1. The molecule has 3 N–H and O–H groups in total. The first kappa shape index (κ1) is 12.6. The molecule has 0 unspecified atom stereocenters. The van der Waals surface area contributed by atoms with Gasteiger partial charge in [-0.15, -0.1) is 0 Å². The molecule has 96 valence electrons. The summed E-state index contributed by atoms with van der Waals surface area (Å²) in [6.45, 7) is 4.10. The third kappa shape index (κ3) is 3.10. The predicted molar refractivity (Wildman–Crippen MR) is 69.8 cm³/mol. The molecule has 1 saturated carbocycles. The first-order chi connectivity index (χ1) is 8.06. The maximum Gasteiger partial charge on any atom is 0.227 e. The number of aromatic hydroxyl groups is 1. The molecule has 0 amide bonds. The highest BCUT2D eigenvalue weighted by atomic mass is 32.1. The maximum atomic E-state index is 9.69. The molecule has 0 aromatic carbocycles. The minimum Gasteiger partial charge on any atom is -0.492 e. The molecule has 0 atom stereocenters. The third-order valence-corrected chi connectivity index (χ3v) is 4.46. The summed E-state index contributed by atoms with van der Waals surface area (Å²) < 4.78 is 0. The minimum atomic E-state index is -0.135. The Labute approximate surface area is 106 Å². The van der Waals surface area contributed by atoms with Crippen LogP contribution in [-0.2, 0) is 0 Å². The zero-order chi connectivity index (χ0) is 12.4. The summed E-state index contributed by atoms with van der Waals surface area (Å²) in [6, 6.07) is 0.379. The highest BCUT2D eigenvalue weighted by Gasteiger charge is 2.21. The van der Waals surface area contributed by atoms with Gasteiger partial charge in [0.05, 0.1) is 11.0 Å². The Hall–Kier alpha value is -0.810. The molecular formula is C12H20N2O2S. The minimum absolute atomic E-state index is 0.135. The van der Waals surface area contributed by atoms with Crippen LogP contribution in [0, 0.1) is 0 Å². The average molecular weight is 256 g/mol. The van der Waals surface area contributed by atoms with Gasteiger partial charge >= 0.3 is 0 Å². The molecule has 1 aromatic rings. The van der Waals surface area contributed by atoms with Crippen molar-refractivity contribution in [3.8, 4) is 5.88 Å². The van der Waals surface area contributed by atoms with Crippen LogP contribution in [0.4, 0.5) is 5.13 Å². The van der Waals surface area contributed by atoms with E-state index in [1.165, 1.54) is 11.3 Å². The lowest BCUT2D eigenvalue weighted by molar-refractivity contribution is 0.126. The standard InChI is InChI=1S/C12H20N2O2S/c1-7(2)10-11(16)14-12(17-10)13-8-3-5-9(15)6-4-8/h7-9,15-16H,3-6H2,1-2H3,(H,13,14). The first-order valence-electron chi connectivity index (χ1n) is 6.20. The van der Waals surface area contributed by atoms with Gasteiger partial charge in [0.25, 0.3) is 0 Å². The summed E-state index contributed by atoms with van der Waals surface area (Å²) in [7, 11) is 0. The number of rotatable bonds is 3. The number of hydrogen-bond donors (Lipinski definition) is 3. The van der Waals surface area contributed by atoms with E-state index in [0.717, 1.165) is 35.7 Å². The molecule has 1 heterocycles. The molecule has 0 spiro atoms. The third-order valence-electron chi connectivity index (χ3n) is 3.18. The summed E-state index contributed by atoms with van der Waals surface area (Å²) in [6.07, 6.45) is 3.51. The van der Waals surface area contributed by atoms with Gasteiger partial charge in [0.2, 0.25) is 5.88 Å². The second kappa shape index (κ2) is 5.23. The van der Waals surface area contributed by atoms with E-state index in [1.807, 2.05) is 13.8 Å². The van der Waals surface area contributed by atoms with E-state index in [4.69, 9.17) is 0 Å². The monoisotopic (exact) mass is 256 g/mol. The van der Waals surface area contributed by atoms with Gasteiger partial charge in [-0.1, -0.05) is 25.2 Å².